The summed E-state index contributed by atoms with van der Waals surface area (Å²) in [5.41, 5.74) is 3.01. The Morgan fingerprint density at radius 3 is 2.56 bits per heavy atom. The van der Waals surface area contributed by atoms with Gasteiger partial charge in [-0.1, -0.05) is 25.1 Å². The molecule has 2 N–H and O–H groups in total. The maximum Gasteiger partial charge on any atom is 0.176 e. The third-order valence-electron chi connectivity index (χ3n) is 3.97. The molecule has 25 heavy (non-hydrogen) atoms. The van der Waals surface area contributed by atoms with Crippen molar-refractivity contribution in [1.29, 1.82) is 0 Å². The molecule has 130 valence electrons. The Balaban J connectivity index is 2.05. The Morgan fingerprint density at radius 2 is 1.88 bits per heavy atom. The quantitative estimate of drug-likeness (QED) is 0.674. The van der Waals surface area contributed by atoms with Crippen LogP contribution in [0.4, 0.5) is 0 Å². The molecule has 0 aliphatic heterocycles. The molecule has 0 radical (unpaired) electrons. The first-order valence-corrected chi connectivity index (χ1v) is 8.41. The molecule has 0 unspecified atom stereocenters. The zero-order valence-corrected chi connectivity index (χ0v) is 14.7. The number of benzene rings is 2. The third kappa shape index (κ3) is 3.45. The highest BCUT2D eigenvalue weighted by molar-refractivity contribution is 5.75. The van der Waals surface area contributed by atoms with E-state index in [1.165, 1.54) is 0 Å². The van der Waals surface area contributed by atoms with E-state index in [0.29, 0.717) is 29.4 Å². The largest absolute Gasteiger partial charge is 0.507 e. The number of para-hydroxylation sites is 1. The van der Waals surface area contributed by atoms with E-state index in [1.54, 1.807) is 6.07 Å². The zero-order valence-electron chi connectivity index (χ0n) is 14.7. The molecule has 0 aliphatic rings. The second-order valence-electron chi connectivity index (χ2n) is 5.71. The first kappa shape index (κ1) is 16.9. The summed E-state index contributed by atoms with van der Waals surface area (Å²) in [6.07, 6.45) is 0.793. The van der Waals surface area contributed by atoms with Gasteiger partial charge in [0.15, 0.2) is 5.75 Å². The van der Waals surface area contributed by atoms with Gasteiger partial charge in [-0.3, -0.25) is 5.10 Å². The van der Waals surface area contributed by atoms with Crippen LogP contribution >= 0.6 is 0 Å². The van der Waals surface area contributed by atoms with E-state index in [1.807, 2.05) is 50.2 Å². The second kappa shape index (κ2) is 7.30. The molecule has 5 nitrogen and oxygen atoms in total. The minimum absolute atomic E-state index is 0.116. The van der Waals surface area contributed by atoms with E-state index in [9.17, 15) is 5.11 Å². The maximum absolute atomic E-state index is 10.5. The number of H-pyrrole nitrogens is 1. The summed E-state index contributed by atoms with van der Waals surface area (Å²) in [5.74, 6) is 2.14. The Morgan fingerprint density at radius 1 is 1.12 bits per heavy atom. The number of nitrogens with one attached hydrogen (secondary N) is 1. The van der Waals surface area contributed by atoms with Gasteiger partial charge in [-0.15, -0.1) is 0 Å². The number of aromatic hydroxyl groups is 1. The molecule has 0 saturated carbocycles. The maximum atomic E-state index is 10.5. The normalized spacial score (nSPS) is 10.7. The molecule has 1 heterocycles. The number of nitrogens with zero attached hydrogens (tertiary/aromatic N) is 1. The molecule has 3 rings (SSSR count). The molecule has 0 aliphatic carbocycles. The number of aryl methyl sites for hydroxylation is 2. The summed E-state index contributed by atoms with van der Waals surface area (Å²) in [5, 5.41) is 17.8. The number of phenolic OH excluding ortho intramolecular Hbond substituents is 1. The predicted molar refractivity (Wildman–Crippen MR) is 97.5 cm³/mol. The Bertz CT molecular complexity index is 857. The fraction of sp³-hybridized carbons (Fsp3) is 0.250. The predicted octanol–water partition coefficient (Wildman–Crippen LogP) is 4.84. The lowest BCUT2D eigenvalue weighted by molar-refractivity contribution is 0.334. The van der Waals surface area contributed by atoms with Crippen molar-refractivity contribution in [2.75, 3.05) is 6.61 Å². The van der Waals surface area contributed by atoms with Gasteiger partial charge in [0.2, 0.25) is 0 Å². The summed E-state index contributed by atoms with van der Waals surface area (Å²) < 4.78 is 11.6. The minimum Gasteiger partial charge on any atom is -0.507 e. The highest BCUT2D eigenvalue weighted by Gasteiger charge is 2.20. The average Bonchev–Trinajstić information content (AvgIpc) is 2.97. The molecular formula is C20H22N2O3. The van der Waals surface area contributed by atoms with Crippen LogP contribution in [0.15, 0.2) is 42.5 Å². The van der Waals surface area contributed by atoms with Gasteiger partial charge in [0, 0.05) is 11.6 Å². The van der Waals surface area contributed by atoms with Crippen LogP contribution in [-0.2, 0) is 6.42 Å². The van der Waals surface area contributed by atoms with Crippen molar-refractivity contribution < 1.29 is 14.6 Å². The first-order valence-electron chi connectivity index (χ1n) is 8.41. The molecule has 1 aromatic heterocycles. The number of aromatic nitrogens is 2. The molecule has 0 fully saturated rings. The van der Waals surface area contributed by atoms with Crippen LogP contribution in [0.25, 0.3) is 11.3 Å². The minimum atomic E-state index is 0.116. The number of hydrogen-bond donors (Lipinski definition) is 2. The van der Waals surface area contributed by atoms with E-state index in [2.05, 4.69) is 17.1 Å². The topological polar surface area (TPSA) is 67.4 Å². The molecular weight excluding hydrogens is 316 g/mol. The van der Waals surface area contributed by atoms with Gasteiger partial charge in [-0.25, -0.2) is 0 Å². The summed E-state index contributed by atoms with van der Waals surface area (Å²) in [6, 6.07) is 13.1. The van der Waals surface area contributed by atoms with E-state index < -0.39 is 0 Å². The third-order valence-corrected chi connectivity index (χ3v) is 3.97. The fourth-order valence-corrected chi connectivity index (χ4v) is 2.70. The lowest BCUT2D eigenvalue weighted by Gasteiger charge is -2.13. The number of hydrogen-bond acceptors (Lipinski definition) is 4. The monoisotopic (exact) mass is 338 g/mol. The fourth-order valence-electron chi connectivity index (χ4n) is 2.70. The summed E-state index contributed by atoms with van der Waals surface area (Å²) in [6.45, 7) is 6.42. The van der Waals surface area contributed by atoms with Gasteiger partial charge in [-0.05, 0) is 44.0 Å². The molecule has 5 heteroatoms. The standard InChI is InChI=1S/C20H22N2O3/c1-4-14-11-16(17(23)12-18(14)24-5-2)19-20(13(3)21-22-19)25-15-9-7-6-8-10-15/h6-12,23H,4-5H2,1-3H3,(H,21,22). The highest BCUT2D eigenvalue weighted by atomic mass is 16.5. The van der Waals surface area contributed by atoms with E-state index in [-0.39, 0.29) is 5.75 Å². The van der Waals surface area contributed by atoms with Crippen LogP contribution in [0.3, 0.4) is 0 Å². The van der Waals surface area contributed by atoms with Crippen molar-refractivity contribution in [3.05, 3.63) is 53.7 Å². The number of rotatable bonds is 6. The van der Waals surface area contributed by atoms with Crippen LogP contribution < -0.4 is 9.47 Å². The van der Waals surface area contributed by atoms with Crippen molar-refractivity contribution in [2.24, 2.45) is 0 Å². The van der Waals surface area contributed by atoms with Crippen molar-refractivity contribution in [3.8, 4) is 34.3 Å². The van der Waals surface area contributed by atoms with Gasteiger partial charge in [0.25, 0.3) is 0 Å². The SMILES string of the molecule is CCOc1cc(O)c(-c2n[nH]c(C)c2Oc2ccccc2)cc1CC. The highest BCUT2D eigenvalue weighted by Crippen LogP contribution is 2.41. The summed E-state index contributed by atoms with van der Waals surface area (Å²) >= 11 is 0. The zero-order chi connectivity index (χ0) is 17.8. The van der Waals surface area contributed by atoms with Crippen LogP contribution in [0.5, 0.6) is 23.0 Å². The smallest absolute Gasteiger partial charge is 0.176 e. The number of aromatic amines is 1. The molecule has 0 bridgehead atoms. The number of phenols is 1. The first-order chi connectivity index (χ1) is 12.1. The van der Waals surface area contributed by atoms with Gasteiger partial charge in [0.1, 0.15) is 22.9 Å². The van der Waals surface area contributed by atoms with Gasteiger partial charge >= 0.3 is 0 Å². The Hall–Kier alpha value is -2.95. The van der Waals surface area contributed by atoms with Gasteiger partial charge in [0.05, 0.1) is 12.3 Å². The second-order valence-corrected chi connectivity index (χ2v) is 5.71. The van der Waals surface area contributed by atoms with E-state index in [0.717, 1.165) is 23.4 Å². The molecule has 0 spiro atoms. The van der Waals surface area contributed by atoms with E-state index in [4.69, 9.17) is 9.47 Å². The van der Waals surface area contributed by atoms with Crippen molar-refractivity contribution in [3.63, 3.8) is 0 Å². The van der Waals surface area contributed by atoms with Crippen molar-refractivity contribution in [1.82, 2.24) is 10.2 Å². The molecule has 0 atom stereocenters. The van der Waals surface area contributed by atoms with Crippen molar-refractivity contribution >= 4 is 0 Å². The van der Waals surface area contributed by atoms with Gasteiger partial charge in [-0.2, -0.15) is 5.10 Å². The van der Waals surface area contributed by atoms with Crippen LogP contribution in [0, 0.1) is 6.92 Å². The van der Waals surface area contributed by atoms with Crippen molar-refractivity contribution in [2.45, 2.75) is 27.2 Å². The number of ether oxygens (including phenoxy) is 2. The molecule has 3 aromatic rings. The lowest BCUT2D eigenvalue weighted by atomic mass is 10.0. The van der Waals surface area contributed by atoms with Crippen LogP contribution in [-0.4, -0.2) is 21.9 Å². The summed E-state index contributed by atoms with van der Waals surface area (Å²) in [4.78, 5) is 0. The Kier molecular flexibility index (Phi) is 4.93. The molecule has 0 amide bonds. The Labute approximate surface area is 147 Å². The van der Waals surface area contributed by atoms with Crippen LogP contribution in [0.2, 0.25) is 0 Å². The van der Waals surface area contributed by atoms with Crippen LogP contribution in [0.1, 0.15) is 25.1 Å². The average molecular weight is 338 g/mol. The van der Waals surface area contributed by atoms with Gasteiger partial charge < -0.3 is 14.6 Å². The molecule has 0 saturated heterocycles. The molecule has 2 aromatic carbocycles. The summed E-state index contributed by atoms with van der Waals surface area (Å²) in [7, 11) is 0. The lowest BCUT2D eigenvalue weighted by Crippen LogP contribution is -1.97. The van der Waals surface area contributed by atoms with E-state index >= 15 is 0 Å².